The first-order valence-corrected chi connectivity index (χ1v) is 10.4. The Hall–Kier alpha value is -3.46. The first-order chi connectivity index (χ1) is 14.9. The van der Waals surface area contributed by atoms with Gasteiger partial charge in [0.2, 0.25) is 0 Å². The first kappa shape index (κ1) is 20.8. The molecule has 0 radical (unpaired) electrons. The summed E-state index contributed by atoms with van der Waals surface area (Å²) in [5.41, 5.74) is 2.88. The number of ether oxygens (including phenoxy) is 1. The van der Waals surface area contributed by atoms with Crippen molar-refractivity contribution < 1.29 is 19.0 Å². The minimum Gasteiger partial charge on any atom is -0.477 e. The van der Waals surface area contributed by atoms with E-state index in [2.05, 4.69) is 20.4 Å². The monoisotopic (exact) mass is 438 g/mol. The van der Waals surface area contributed by atoms with Crippen LogP contribution in [0.1, 0.15) is 32.9 Å². The predicted molar refractivity (Wildman–Crippen MR) is 116 cm³/mol. The molecule has 0 spiro atoms. The number of hydrogen-bond acceptors (Lipinski definition) is 7. The van der Waals surface area contributed by atoms with E-state index in [1.54, 1.807) is 26.1 Å². The quantitative estimate of drug-likeness (QED) is 0.503. The van der Waals surface area contributed by atoms with E-state index in [4.69, 9.17) is 4.74 Å². The fraction of sp³-hybridized carbons (Fsp3) is 0.227. The second-order valence-corrected chi connectivity index (χ2v) is 8.15. The molecule has 158 valence electrons. The fourth-order valence-corrected chi connectivity index (χ4v) is 4.14. The average molecular weight is 438 g/mol. The smallest absolute Gasteiger partial charge is 0.347 e. The van der Waals surface area contributed by atoms with Crippen LogP contribution in [-0.2, 0) is 6.42 Å². The van der Waals surface area contributed by atoms with Crippen molar-refractivity contribution in [1.82, 2.24) is 4.98 Å². The molecule has 0 saturated carbocycles. The zero-order valence-corrected chi connectivity index (χ0v) is 17.7. The number of carboxylic acids is 1. The van der Waals surface area contributed by atoms with E-state index in [9.17, 15) is 14.3 Å². The number of aryl methyl sites for hydroxylation is 3. The second kappa shape index (κ2) is 8.73. The number of benzene rings is 2. The number of aromatic nitrogens is 1. The number of rotatable bonds is 7. The van der Waals surface area contributed by atoms with E-state index in [-0.39, 0.29) is 16.7 Å². The Morgan fingerprint density at radius 3 is 2.68 bits per heavy atom. The Morgan fingerprint density at radius 1 is 1.19 bits per heavy atom. The zero-order valence-electron chi connectivity index (χ0n) is 16.9. The number of thiazole rings is 1. The van der Waals surface area contributed by atoms with Crippen LogP contribution in [0.5, 0.6) is 11.5 Å². The molecule has 1 atom stereocenters. The van der Waals surface area contributed by atoms with Crippen LogP contribution < -0.4 is 4.74 Å². The van der Waals surface area contributed by atoms with Crippen molar-refractivity contribution in [2.24, 2.45) is 15.4 Å². The van der Waals surface area contributed by atoms with Crippen molar-refractivity contribution in [2.45, 2.75) is 32.7 Å². The van der Waals surface area contributed by atoms with E-state index in [1.165, 1.54) is 12.1 Å². The maximum absolute atomic E-state index is 13.5. The van der Waals surface area contributed by atoms with Crippen molar-refractivity contribution in [1.29, 1.82) is 0 Å². The Morgan fingerprint density at radius 2 is 2.00 bits per heavy atom. The van der Waals surface area contributed by atoms with Gasteiger partial charge in [0.15, 0.2) is 0 Å². The standard InChI is InChI=1S/C22H19FN4O3S/c1-12-9-16(23)5-8-18(12)30-19-7-4-15(21-25-13(2)20(31-21)22(28)29)10-14(19)3-6-17-11-24-27-26-17/h4-5,7-11,17H,3,6H2,1-2H3,(H,28,29). The van der Waals surface area contributed by atoms with E-state index >= 15 is 0 Å². The van der Waals surface area contributed by atoms with Crippen LogP contribution in [0.15, 0.2) is 51.8 Å². The number of hydrogen-bond donors (Lipinski definition) is 1. The van der Waals surface area contributed by atoms with E-state index < -0.39 is 5.97 Å². The summed E-state index contributed by atoms with van der Waals surface area (Å²) >= 11 is 1.14. The third-order valence-electron chi connectivity index (χ3n) is 4.85. The summed E-state index contributed by atoms with van der Waals surface area (Å²) in [6.07, 6.45) is 3.01. The van der Waals surface area contributed by atoms with Crippen LogP contribution in [0.25, 0.3) is 10.6 Å². The molecule has 9 heteroatoms. The van der Waals surface area contributed by atoms with E-state index in [0.717, 1.165) is 22.5 Å². The highest BCUT2D eigenvalue weighted by molar-refractivity contribution is 7.17. The lowest BCUT2D eigenvalue weighted by atomic mass is 10.0. The van der Waals surface area contributed by atoms with Crippen molar-refractivity contribution in [3.05, 3.63) is 63.9 Å². The van der Waals surface area contributed by atoms with Gasteiger partial charge in [-0.05, 0) is 79.4 Å². The van der Waals surface area contributed by atoms with Crippen LogP contribution in [0.2, 0.25) is 0 Å². The lowest BCUT2D eigenvalue weighted by Crippen LogP contribution is -2.05. The first-order valence-electron chi connectivity index (χ1n) is 9.62. The van der Waals surface area contributed by atoms with Gasteiger partial charge in [0.05, 0.1) is 11.9 Å². The molecule has 2 heterocycles. The predicted octanol–water partition coefficient (Wildman–Crippen LogP) is 5.81. The Bertz CT molecular complexity index is 1190. The maximum atomic E-state index is 13.5. The Kier molecular flexibility index (Phi) is 5.85. The van der Waals surface area contributed by atoms with Crippen molar-refractivity contribution >= 4 is 23.5 Å². The highest BCUT2D eigenvalue weighted by Crippen LogP contribution is 2.35. The number of carboxylic acid groups (broad SMARTS) is 1. The van der Waals surface area contributed by atoms with Gasteiger partial charge < -0.3 is 9.84 Å². The van der Waals surface area contributed by atoms with Gasteiger partial charge in [0.1, 0.15) is 33.2 Å². The Labute approximate surface area is 182 Å². The zero-order chi connectivity index (χ0) is 22.0. The van der Waals surface area contributed by atoms with Crippen molar-refractivity contribution in [3.8, 4) is 22.1 Å². The van der Waals surface area contributed by atoms with Crippen LogP contribution in [0.4, 0.5) is 4.39 Å². The molecule has 7 nitrogen and oxygen atoms in total. The molecule has 31 heavy (non-hydrogen) atoms. The van der Waals surface area contributed by atoms with Gasteiger partial charge in [0, 0.05) is 5.56 Å². The molecule has 1 aliphatic rings. The lowest BCUT2D eigenvalue weighted by Gasteiger charge is -2.14. The van der Waals surface area contributed by atoms with Gasteiger partial charge in [-0.1, -0.05) is 0 Å². The molecular weight excluding hydrogens is 419 g/mol. The summed E-state index contributed by atoms with van der Waals surface area (Å²) in [4.78, 5) is 16.0. The molecule has 0 aliphatic carbocycles. The molecular formula is C22H19FN4O3S. The topological polar surface area (TPSA) is 96.5 Å². The normalized spacial score (nSPS) is 14.9. The third kappa shape index (κ3) is 4.66. The van der Waals surface area contributed by atoms with Crippen LogP contribution >= 0.6 is 11.3 Å². The summed E-state index contributed by atoms with van der Waals surface area (Å²) in [6, 6.07) is 9.91. The number of nitrogens with zero attached hydrogens (tertiary/aromatic N) is 4. The average Bonchev–Trinajstić information content (AvgIpc) is 3.39. The van der Waals surface area contributed by atoms with Gasteiger partial charge in [-0.3, -0.25) is 0 Å². The van der Waals surface area contributed by atoms with Gasteiger partial charge in [-0.2, -0.15) is 5.11 Å². The fourth-order valence-electron chi connectivity index (χ4n) is 3.24. The van der Waals surface area contributed by atoms with E-state index in [1.807, 2.05) is 18.2 Å². The molecule has 0 bridgehead atoms. The maximum Gasteiger partial charge on any atom is 0.347 e. The van der Waals surface area contributed by atoms with Gasteiger partial charge in [0.25, 0.3) is 0 Å². The van der Waals surface area contributed by atoms with Gasteiger partial charge in [-0.15, -0.1) is 16.4 Å². The molecule has 0 amide bonds. The van der Waals surface area contributed by atoms with Crippen molar-refractivity contribution in [2.75, 3.05) is 0 Å². The minimum absolute atomic E-state index is 0.0928. The lowest BCUT2D eigenvalue weighted by molar-refractivity contribution is 0.0701. The number of aromatic carboxylic acids is 1. The van der Waals surface area contributed by atoms with E-state index in [0.29, 0.717) is 40.6 Å². The SMILES string of the molecule is Cc1cc(F)ccc1Oc1ccc(-c2nc(C)c(C(=O)O)s2)cc1CCC1C=NN=N1. The molecule has 0 fully saturated rings. The van der Waals surface area contributed by atoms with Crippen LogP contribution in [0, 0.1) is 19.7 Å². The third-order valence-corrected chi connectivity index (χ3v) is 6.05. The molecule has 3 aromatic rings. The molecule has 0 saturated heterocycles. The molecule has 1 aliphatic heterocycles. The summed E-state index contributed by atoms with van der Waals surface area (Å²) in [7, 11) is 0. The molecule has 1 unspecified atom stereocenters. The molecule has 1 N–H and O–H groups in total. The number of halogens is 1. The second-order valence-electron chi connectivity index (χ2n) is 7.15. The van der Waals surface area contributed by atoms with Gasteiger partial charge >= 0.3 is 5.97 Å². The van der Waals surface area contributed by atoms with Crippen molar-refractivity contribution in [3.63, 3.8) is 0 Å². The van der Waals surface area contributed by atoms with Crippen LogP contribution in [-0.4, -0.2) is 28.3 Å². The Balaban J connectivity index is 1.68. The highest BCUT2D eigenvalue weighted by Gasteiger charge is 2.18. The minimum atomic E-state index is -0.987. The summed E-state index contributed by atoms with van der Waals surface area (Å²) < 4.78 is 19.6. The van der Waals surface area contributed by atoms with Gasteiger partial charge in [-0.25, -0.2) is 14.2 Å². The van der Waals surface area contributed by atoms with Crippen LogP contribution in [0.3, 0.4) is 0 Å². The summed E-state index contributed by atoms with van der Waals surface area (Å²) in [5.74, 6) is -0.105. The molecule has 1 aromatic heterocycles. The summed E-state index contributed by atoms with van der Waals surface area (Å²) in [5, 5.41) is 21.4. The summed E-state index contributed by atoms with van der Waals surface area (Å²) in [6.45, 7) is 3.47. The molecule has 2 aromatic carbocycles. The largest absolute Gasteiger partial charge is 0.477 e. The molecule has 4 rings (SSSR count). The number of carbonyl (C=O) groups is 1. The highest BCUT2D eigenvalue weighted by atomic mass is 32.1.